The Balaban J connectivity index is 1.44. The number of amides is 2. The van der Waals surface area contributed by atoms with Gasteiger partial charge in [0.1, 0.15) is 0 Å². The first-order valence-corrected chi connectivity index (χ1v) is 12.0. The second-order valence-electron chi connectivity index (χ2n) is 8.95. The van der Waals surface area contributed by atoms with Crippen molar-refractivity contribution in [1.29, 1.82) is 0 Å². The largest absolute Gasteiger partial charge is 0.416 e. The smallest absolute Gasteiger partial charge is 0.343 e. The van der Waals surface area contributed by atoms with Gasteiger partial charge in [0, 0.05) is 48.6 Å². The van der Waals surface area contributed by atoms with E-state index < -0.39 is 11.7 Å². The van der Waals surface area contributed by atoms with E-state index >= 15 is 0 Å². The highest BCUT2D eigenvalue weighted by Crippen LogP contribution is 2.37. The van der Waals surface area contributed by atoms with E-state index in [4.69, 9.17) is 23.2 Å². The lowest BCUT2D eigenvalue weighted by molar-refractivity contribution is -0.138. The van der Waals surface area contributed by atoms with Gasteiger partial charge in [-0.15, -0.1) is 0 Å². The van der Waals surface area contributed by atoms with Crippen LogP contribution in [0.4, 0.5) is 13.2 Å². The van der Waals surface area contributed by atoms with Crippen molar-refractivity contribution in [2.45, 2.75) is 44.8 Å². The molecule has 0 unspecified atom stereocenters. The molecule has 2 aromatic rings. The van der Waals surface area contributed by atoms with Gasteiger partial charge < -0.3 is 9.80 Å². The van der Waals surface area contributed by atoms with E-state index in [9.17, 15) is 22.8 Å². The molecule has 1 atom stereocenters. The number of piperidine rings is 1. The minimum absolute atomic E-state index is 0.0631. The number of hydrogen-bond acceptors (Lipinski definition) is 2. The maximum absolute atomic E-state index is 13.1. The average Bonchev–Trinajstić information content (AvgIpc) is 3.15. The maximum atomic E-state index is 13.1. The predicted molar refractivity (Wildman–Crippen MR) is 126 cm³/mol. The first-order chi connectivity index (χ1) is 16.0. The number of carbonyl (C=O) groups excluding carboxylic acids is 2. The Morgan fingerprint density at radius 2 is 1.56 bits per heavy atom. The summed E-state index contributed by atoms with van der Waals surface area (Å²) in [7, 11) is 0. The molecule has 34 heavy (non-hydrogen) atoms. The van der Waals surface area contributed by atoms with Crippen LogP contribution in [-0.4, -0.2) is 47.3 Å². The van der Waals surface area contributed by atoms with Crippen molar-refractivity contribution in [2.75, 3.05) is 19.6 Å². The molecule has 2 saturated heterocycles. The summed E-state index contributed by atoms with van der Waals surface area (Å²) < 4.78 is 38.5. The zero-order valence-corrected chi connectivity index (χ0v) is 20.2. The number of carbonyl (C=O) groups is 2. The van der Waals surface area contributed by atoms with E-state index in [2.05, 4.69) is 0 Å². The van der Waals surface area contributed by atoms with Crippen LogP contribution >= 0.6 is 23.2 Å². The van der Waals surface area contributed by atoms with Crippen molar-refractivity contribution in [3.63, 3.8) is 0 Å². The molecule has 0 aromatic heterocycles. The Labute approximate surface area is 206 Å². The molecule has 0 spiro atoms. The van der Waals surface area contributed by atoms with Gasteiger partial charge in [-0.05, 0) is 66.6 Å². The quantitative estimate of drug-likeness (QED) is 0.497. The Morgan fingerprint density at radius 3 is 2.09 bits per heavy atom. The van der Waals surface area contributed by atoms with Crippen molar-refractivity contribution in [1.82, 2.24) is 9.80 Å². The van der Waals surface area contributed by atoms with Crippen LogP contribution in [-0.2, 0) is 22.2 Å². The van der Waals surface area contributed by atoms with Gasteiger partial charge in [0.25, 0.3) is 0 Å². The Hall–Kier alpha value is -2.25. The average molecular weight is 513 g/mol. The van der Waals surface area contributed by atoms with Crippen LogP contribution < -0.4 is 0 Å². The highest BCUT2D eigenvalue weighted by molar-refractivity contribution is 6.36. The minimum Gasteiger partial charge on any atom is -0.343 e. The molecule has 0 aliphatic carbocycles. The van der Waals surface area contributed by atoms with Crippen LogP contribution in [0.25, 0.3) is 11.1 Å². The van der Waals surface area contributed by atoms with Crippen molar-refractivity contribution < 1.29 is 22.8 Å². The van der Waals surface area contributed by atoms with Gasteiger partial charge in [-0.25, -0.2) is 0 Å². The molecule has 0 radical (unpaired) electrons. The molecule has 2 aromatic carbocycles. The lowest BCUT2D eigenvalue weighted by atomic mass is 9.95. The van der Waals surface area contributed by atoms with Crippen molar-refractivity contribution in [2.24, 2.45) is 5.92 Å². The normalized spacial score (nSPS) is 19.7. The monoisotopic (exact) mass is 512 g/mol. The molecule has 4 nitrogen and oxygen atoms in total. The Kier molecular flexibility index (Phi) is 7.15. The van der Waals surface area contributed by atoms with Crippen molar-refractivity contribution in [3.05, 3.63) is 57.6 Å². The molecule has 4 rings (SSSR count). The second kappa shape index (κ2) is 9.78. The molecule has 2 fully saturated rings. The lowest BCUT2D eigenvalue weighted by Crippen LogP contribution is -2.47. The zero-order valence-electron chi connectivity index (χ0n) is 18.7. The third-order valence-corrected chi connectivity index (χ3v) is 7.51. The predicted octanol–water partition coefficient (Wildman–Crippen LogP) is 6.08. The van der Waals surface area contributed by atoms with E-state index in [1.54, 1.807) is 19.1 Å². The van der Waals surface area contributed by atoms with Crippen LogP contribution in [0.2, 0.25) is 10.0 Å². The fraction of sp³-hybridized carbons (Fsp3) is 0.440. The molecule has 182 valence electrons. The Morgan fingerprint density at radius 1 is 0.971 bits per heavy atom. The number of halogens is 5. The van der Waals surface area contributed by atoms with Gasteiger partial charge in [0.2, 0.25) is 11.8 Å². The summed E-state index contributed by atoms with van der Waals surface area (Å²) in [4.78, 5) is 28.4. The summed E-state index contributed by atoms with van der Waals surface area (Å²) in [6.07, 6.45) is -1.72. The van der Waals surface area contributed by atoms with Crippen LogP contribution in [0.3, 0.4) is 0 Å². The third kappa shape index (κ3) is 5.20. The van der Waals surface area contributed by atoms with Gasteiger partial charge >= 0.3 is 6.18 Å². The molecule has 2 aliphatic rings. The Bertz CT molecular complexity index is 1060. The molecular weight excluding hydrogens is 488 g/mol. The third-order valence-electron chi connectivity index (χ3n) is 6.84. The SMILES string of the molecule is CC(=O)N1CCC(N2CC[C@@H](Cc3c(Cl)cc(-c4ccc(C(F)(F)F)cc4)cc3Cl)C2=O)CC1. The highest BCUT2D eigenvalue weighted by atomic mass is 35.5. The molecular formula is C25H25Cl2F3N2O2. The standard InChI is InChI=1S/C25H25Cl2F3N2O2/c1-15(33)31-9-7-20(8-10-31)32-11-6-17(24(32)34)12-21-22(26)13-18(14-23(21)27)16-2-4-19(5-3-16)25(28,29)30/h2-5,13-14,17,20H,6-12H2,1H3/t17-/m0/s1. The summed E-state index contributed by atoms with van der Waals surface area (Å²) in [5.74, 6) is -0.0777. The first-order valence-electron chi connectivity index (χ1n) is 11.3. The second-order valence-corrected chi connectivity index (χ2v) is 9.77. The number of nitrogens with zero attached hydrogens (tertiary/aromatic N) is 2. The summed E-state index contributed by atoms with van der Waals surface area (Å²) in [6, 6.07) is 8.33. The maximum Gasteiger partial charge on any atom is 0.416 e. The number of benzene rings is 2. The summed E-state index contributed by atoms with van der Waals surface area (Å²) in [5, 5.41) is 0.784. The summed E-state index contributed by atoms with van der Waals surface area (Å²) in [6.45, 7) is 3.57. The highest BCUT2D eigenvalue weighted by Gasteiger charge is 2.38. The van der Waals surface area contributed by atoms with Crippen molar-refractivity contribution in [3.8, 4) is 11.1 Å². The van der Waals surface area contributed by atoms with Gasteiger partial charge in [0.15, 0.2) is 0 Å². The van der Waals surface area contributed by atoms with Gasteiger partial charge in [0.05, 0.1) is 5.56 Å². The fourth-order valence-electron chi connectivity index (χ4n) is 4.87. The molecule has 2 aliphatic heterocycles. The van der Waals surface area contributed by atoms with Crippen LogP contribution in [0, 0.1) is 5.92 Å². The topological polar surface area (TPSA) is 40.6 Å². The molecule has 2 amide bonds. The van der Waals surface area contributed by atoms with E-state index in [0.717, 1.165) is 25.0 Å². The van der Waals surface area contributed by atoms with Gasteiger partial charge in [-0.1, -0.05) is 35.3 Å². The van der Waals surface area contributed by atoms with Crippen LogP contribution in [0.15, 0.2) is 36.4 Å². The van der Waals surface area contributed by atoms with Crippen LogP contribution in [0.1, 0.15) is 37.3 Å². The van der Waals surface area contributed by atoms with E-state index in [0.29, 0.717) is 59.2 Å². The number of alkyl halides is 3. The minimum atomic E-state index is -4.40. The lowest BCUT2D eigenvalue weighted by Gasteiger charge is -2.36. The van der Waals surface area contributed by atoms with Crippen LogP contribution in [0.5, 0.6) is 0 Å². The van der Waals surface area contributed by atoms with E-state index in [1.165, 1.54) is 12.1 Å². The van der Waals surface area contributed by atoms with Gasteiger partial charge in [-0.3, -0.25) is 9.59 Å². The molecule has 2 heterocycles. The fourth-order valence-corrected chi connectivity index (χ4v) is 5.51. The molecule has 0 bridgehead atoms. The van der Waals surface area contributed by atoms with E-state index in [1.807, 2.05) is 9.80 Å². The van der Waals surface area contributed by atoms with E-state index in [-0.39, 0.29) is 23.8 Å². The summed E-state index contributed by atoms with van der Waals surface area (Å²) >= 11 is 13.0. The molecule has 0 saturated carbocycles. The van der Waals surface area contributed by atoms with Crippen molar-refractivity contribution >= 4 is 35.0 Å². The number of rotatable bonds is 4. The first kappa shape index (κ1) is 24.9. The van der Waals surface area contributed by atoms with Gasteiger partial charge in [-0.2, -0.15) is 13.2 Å². The zero-order chi connectivity index (χ0) is 24.6. The molecule has 0 N–H and O–H groups in total. The number of likely N-dealkylation sites (tertiary alicyclic amines) is 2. The number of hydrogen-bond donors (Lipinski definition) is 0. The summed E-state index contributed by atoms with van der Waals surface area (Å²) in [5.41, 5.74) is 1.14. The molecule has 9 heteroatoms.